The number of thiazole rings is 1. The number of aromatic nitrogens is 4. The molecule has 2 aromatic heterocycles. The first-order valence-corrected chi connectivity index (χ1v) is 9.19. The maximum absolute atomic E-state index is 12.0. The van der Waals surface area contributed by atoms with Crippen molar-refractivity contribution in [2.75, 3.05) is 5.32 Å². The predicted molar refractivity (Wildman–Crippen MR) is 95.7 cm³/mol. The summed E-state index contributed by atoms with van der Waals surface area (Å²) in [6.45, 7) is 2.44. The third-order valence-electron chi connectivity index (χ3n) is 3.05. The van der Waals surface area contributed by atoms with Crippen LogP contribution in [0.3, 0.4) is 0 Å². The van der Waals surface area contributed by atoms with Gasteiger partial charge in [0.05, 0.1) is 11.6 Å². The van der Waals surface area contributed by atoms with Crippen LogP contribution in [-0.2, 0) is 11.3 Å². The summed E-state index contributed by atoms with van der Waals surface area (Å²) in [5.74, 6) is -0.0995. The lowest BCUT2D eigenvalue weighted by atomic mass is 10.3. The van der Waals surface area contributed by atoms with E-state index in [4.69, 9.17) is 11.6 Å². The first kappa shape index (κ1) is 16.9. The Kier molecular flexibility index (Phi) is 5.49. The smallest absolute Gasteiger partial charge is 0.226 e. The van der Waals surface area contributed by atoms with Gasteiger partial charge in [-0.2, -0.15) is 5.10 Å². The quantitative estimate of drug-likeness (QED) is 0.703. The fourth-order valence-electron chi connectivity index (χ4n) is 1.92. The van der Waals surface area contributed by atoms with E-state index in [-0.39, 0.29) is 5.91 Å². The highest BCUT2D eigenvalue weighted by atomic mass is 35.5. The molecule has 0 aliphatic carbocycles. The van der Waals surface area contributed by atoms with Gasteiger partial charge in [-0.25, -0.2) is 9.97 Å². The SMILES string of the molecule is Cc1csc(Sc2ccc(NC(=O)CCn3cncn3)cc2Cl)n1. The summed E-state index contributed by atoms with van der Waals surface area (Å²) >= 11 is 9.41. The topological polar surface area (TPSA) is 72.7 Å². The van der Waals surface area contributed by atoms with E-state index >= 15 is 0 Å². The number of rotatable bonds is 6. The summed E-state index contributed by atoms with van der Waals surface area (Å²) in [4.78, 5) is 21.1. The van der Waals surface area contributed by atoms with Crippen LogP contribution in [0.4, 0.5) is 5.69 Å². The summed E-state index contributed by atoms with van der Waals surface area (Å²) in [6, 6.07) is 5.47. The first-order chi connectivity index (χ1) is 11.6. The Morgan fingerprint density at radius 3 is 3.00 bits per heavy atom. The normalized spacial score (nSPS) is 10.8. The average Bonchev–Trinajstić information content (AvgIpc) is 3.20. The van der Waals surface area contributed by atoms with Gasteiger partial charge in [0.15, 0.2) is 4.34 Å². The minimum absolute atomic E-state index is 0.0995. The van der Waals surface area contributed by atoms with Gasteiger partial charge in [0, 0.05) is 28.1 Å². The van der Waals surface area contributed by atoms with Gasteiger partial charge in [-0.05, 0) is 25.1 Å². The molecule has 0 fully saturated rings. The number of aryl methyl sites for hydroxylation is 2. The molecule has 1 N–H and O–H groups in total. The number of hydrogen-bond donors (Lipinski definition) is 1. The van der Waals surface area contributed by atoms with Crippen LogP contribution in [0.2, 0.25) is 5.02 Å². The molecule has 124 valence electrons. The van der Waals surface area contributed by atoms with E-state index in [9.17, 15) is 4.79 Å². The highest BCUT2D eigenvalue weighted by Crippen LogP contribution is 2.36. The summed E-state index contributed by atoms with van der Waals surface area (Å²) in [7, 11) is 0. The number of hydrogen-bond acceptors (Lipinski definition) is 6. The molecule has 9 heteroatoms. The van der Waals surface area contributed by atoms with E-state index in [1.165, 1.54) is 18.1 Å². The van der Waals surface area contributed by atoms with Crippen LogP contribution in [0.15, 0.2) is 45.5 Å². The van der Waals surface area contributed by atoms with Crippen molar-refractivity contribution in [1.82, 2.24) is 19.7 Å². The van der Waals surface area contributed by atoms with Crippen LogP contribution in [0.25, 0.3) is 0 Å². The molecule has 0 atom stereocenters. The molecule has 0 unspecified atom stereocenters. The Bertz CT molecular complexity index is 834. The van der Waals surface area contributed by atoms with Crippen molar-refractivity contribution in [2.24, 2.45) is 0 Å². The van der Waals surface area contributed by atoms with Crippen LogP contribution in [0.5, 0.6) is 0 Å². The van der Waals surface area contributed by atoms with Crippen LogP contribution >= 0.6 is 34.7 Å². The molecule has 3 aromatic rings. The molecule has 0 aliphatic rings. The van der Waals surface area contributed by atoms with Gasteiger partial charge in [-0.1, -0.05) is 23.4 Å². The van der Waals surface area contributed by atoms with E-state index in [0.717, 1.165) is 14.9 Å². The molecule has 6 nitrogen and oxygen atoms in total. The summed E-state index contributed by atoms with van der Waals surface area (Å²) in [5, 5.41) is 9.38. The van der Waals surface area contributed by atoms with Crippen molar-refractivity contribution in [3.63, 3.8) is 0 Å². The number of halogens is 1. The van der Waals surface area contributed by atoms with Crippen molar-refractivity contribution >= 4 is 46.3 Å². The highest BCUT2D eigenvalue weighted by Gasteiger charge is 2.09. The van der Waals surface area contributed by atoms with Crippen LogP contribution in [-0.4, -0.2) is 25.7 Å². The Balaban J connectivity index is 1.58. The second kappa shape index (κ2) is 7.78. The van der Waals surface area contributed by atoms with Crippen molar-refractivity contribution < 1.29 is 4.79 Å². The summed E-state index contributed by atoms with van der Waals surface area (Å²) < 4.78 is 2.56. The van der Waals surface area contributed by atoms with E-state index in [1.54, 1.807) is 28.4 Å². The zero-order valence-electron chi connectivity index (χ0n) is 12.8. The van der Waals surface area contributed by atoms with E-state index in [2.05, 4.69) is 20.4 Å². The maximum Gasteiger partial charge on any atom is 0.226 e. The number of carbonyl (C=O) groups excluding carboxylic acids is 1. The molecule has 0 aliphatic heterocycles. The molecule has 3 rings (SSSR count). The van der Waals surface area contributed by atoms with Gasteiger partial charge in [0.2, 0.25) is 5.91 Å². The second-order valence-corrected chi connectivity index (χ2v) is 7.51. The molecular formula is C15H14ClN5OS2. The van der Waals surface area contributed by atoms with Crippen LogP contribution in [0, 0.1) is 6.92 Å². The molecule has 2 heterocycles. The van der Waals surface area contributed by atoms with Crippen molar-refractivity contribution in [1.29, 1.82) is 0 Å². The fraction of sp³-hybridized carbons (Fsp3) is 0.200. The Hall–Kier alpha value is -1.90. The largest absolute Gasteiger partial charge is 0.326 e. The number of amides is 1. The van der Waals surface area contributed by atoms with Crippen molar-refractivity contribution in [3.05, 3.63) is 47.0 Å². The molecule has 0 saturated carbocycles. The lowest BCUT2D eigenvalue weighted by Crippen LogP contribution is -2.14. The minimum atomic E-state index is -0.0995. The molecule has 0 bridgehead atoms. The molecular weight excluding hydrogens is 366 g/mol. The molecule has 24 heavy (non-hydrogen) atoms. The minimum Gasteiger partial charge on any atom is -0.326 e. The molecule has 1 aromatic carbocycles. The highest BCUT2D eigenvalue weighted by molar-refractivity contribution is 8.01. The van der Waals surface area contributed by atoms with Gasteiger partial charge in [-0.15, -0.1) is 11.3 Å². The Morgan fingerprint density at radius 1 is 1.46 bits per heavy atom. The third-order valence-corrected chi connectivity index (χ3v) is 5.60. The van der Waals surface area contributed by atoms with Crippen LogP contribution < -0.4 is 5.32 Å². The van der Waals surface area contributed by atoms with Crippen molar-refractivity contribution in [3.8, 4) is 0 Å². The van der Waals surface area contributed by atoms with E-state index in [0.29, 0.717) is 23.7 Å². The van der Waals surface area contributed by atoms with Crippen LogP contribution in [0.1, 0.15) is 12.1 Å². The average molecular weight is 380 g/mol. The monoisotopic (exact) mass is 379 g/mol. The second-order valence-electron chi connectivity index (χ2n) is 4.96. The Labute approximate surface area is 152 Å². The third kappa shape index (κ3) is 4.56. The number of carbonyl (C=O) groups is 1. The molecule has 1 amide bonds. The molecule has 0 saturated heterocycles. The van der Waals surface area contributed by atoms with Gasteiger partial charge in [0.25, 0.3) is 0 Å². The van der Waals surface area contributed by atoms with Gasteiger partial charge < -0.3 is 5.32 Å². The first-order valence-electron chi connectivity index (χ1n) is 7.12. The summed E-state index contributed by atoms with van der Waals surface area (Å²) in [5.41, 5.74) is 1.66. The summed E-state index contributed by atoms with van der Waals surface area (Å²) in [6.07, 6.45) is 3.34. The number of anilines is 1. The number of benzene rings is 1. The van der Waals surface area contributed by atoms with Gasteiger partial charge >= 0.3 is 0 Å². The lowest BCUT2D eigenvalue weighted by molar-refractivity contribution is -0.116. The number of nitrogens with zero attached hydrogens (tertiary/aromatic N) is 4. The van der Waals surface area contributed by atoms with Crippen molar-refractivity contribution in [2.45, 2.75) is 29.1 Å². The zero-order valence-corrected chi connectivity index (χ0v) is 15.2. The zero-order chi connectivity index (χ0) is 16.9. The Morgan fingerprint density at radius 2 is 2.33 bits per heavy atom. The van der Waals surface area contributed by atoms with E-state index < -0.39 is 0 Å². The lowest BCUT2D eigenvalue weighted by Gasteiger charge is -2.08. The van der Waals surface area contributed by atoms with Gasteiger partial charge in [0.1, 0.15) is 12.7 Å². The number of nitrogens with one attached hydrogen (secondary N) is 1. The molecule has 0 spiro atoms. The molecule has 0 radical (unpaired) electrons. The fourth-order valence-corrected chi connectivity index (χ4v) is 4.02. The maximum atomic E-state index is 12.0. The standard InChI is InChI=1S/C15H14ClN5OS2/c1-10-7-23-15(19-10)24-13-3-2-11(6-12(13)16)20-14(22)4-5-21-9-17-8-18-21/h2-3,6-9H,4-5H2,1H3,(H,20,22). The van der Waals surface area contributed by atoms with E-state index in [1.807, 2.05) is 24.4 Å². The predicted octanol–water partition coefficient (Wildman–Crippen LogP) is 3.88. The van der Waals surface area contributed by atoms with Gasteiger partial charge in [-0.3, -0.25) is 9.48 Å².